The van der Waals surface area contributed by atoms with Crippen LogP contribution in [0.25, 0.3) is 0 Å². The first-order valence-electron chi connectivity index (χ1n) is 10.6. The summed E-state index contributed by atoms with van der Waals surface area (Å²) in [6, 6.07) is 11.5. The van der Waals surface area contributed by atoms with E-state index in [2.05, 4.69) is 34.5 Å². The highest BCUT2D eigenvalue weighted by Gasteiger charge is 2.47. The number of carboxylic acid groups (broad SMARTS) is 1. The predicted molar refractivity (Wildman–Crippen MR) is 107 cm³/mol. The highest BCUT2D eigenvalue weighted by Crippen LogP contribution is 2.46. The molecule has 3 atom stereocenters. The molecule has 3 aliphatic rings. The third kappa shape index (κ3) is 3.75. The first-order chi connectivity index (χ1) is 13.6. The number of urea groups is 1. The number of aliphatic carboxylic acids is 1. The van der Waals surface area contributed by atoms with Crippen LogP contribution in [0.2, 0.25) is 0 Å². The number of hydrogen-bond acceptors (Lipinski definition) is 3. The molecule has 1 aromatic carbocycles. The van der Waals surface area contributed by atoms with Crippen molar-refractivity contribution >= 4 is 12.0 Å². The van der Waals surface area contributed by atoms with Gasteiger partial charge in [-0.1, -0.05) is 43.7 Å². The minimum atomic E-state index is -0.786. The lowest BCUT2D eigenvalue weighted by Crippen LogP contribution is -2.57. The molecule has 6 heteroatoms. The lowest BCUT2D eigenvalue weighted by Gasteiger charge is -2.43. The Labute approximate surface area is 166 Å². The zero-order chi connectivity index (χ0) is 19.7. The normalized spacial score (nSPS) is 31.5. The van der Waals surface area contributed by atoms with Crippen molar-refractivity contribution < 1.29 is 14.7 Å². The van der Waals surface area contributed by atoms with Gasteiger partial charge in [-0.2, -0.15) is 0 Å². The fourth-order valence-electron chi connectivity index (χ4n) is 5.53. The van der Waals surface area contributed by atoms with E-state index in [0.29, 0.717) is 17.9 Å². The summed E-state index contributed by atoms with van der Waals surface area (Å²) in [7, 11) is 0. The average molecular weight is 386 g/mol. The number of fused-ring (bicyclic) bond motifs is 1. The van der Waals surface area contributed by atoms with Crippen LogP contribution >= 0.6 is 0 Å². The molecule has 4 rings (SSSR count). The topological polar surface area (TPSA) is 72.9 Å². The SMILES string of the molecule is CCN(CC(=O)O)C1CC(NC(=O)N2CC(c3ccccc3)C3CCCC32)C1. The Morgan fingerprint density at radius 3 is 2.64 bits per heavy atom. The number of likely N-dealkylation sites (tertiary alicyclic amines) is 1. The van der Waals surface area contributed by atoms with E-state index in [1.807, 2.05) is 17.9 Å². The average Bonchev–Trinajstić information content (AvgIpc) is 3.25. The van der Waals surface area contributed by atoms with Crippen molar-refractivity contribution in [3.63, 3.8) is 0 Å². The summed E-state index contributed by atoms with van der Waals surface area (Å²) in [4.78, 5) is 28.0. The number of likely N-dealkylation sites (N-methyl/N-ethyl adjacent to an activating group) is 1. The van der Waals surface area contributed by atoms with Gasteiger partial charge in [-0.25, -0.2) is 4.79 Å². The Bertz CT molecular complexity index is 704. The number of amides is 2. The molecule has 0 aromatic heterocycles. The van der Waals surface area contributed by atoms with Crippen molar-refractivity contribution in [3.8, 4) is 0 Å². The minimum absolute atomic E-state index is 0.0695. The molecular formula is C22H31N3O3. The van der Waals surface area contributed by atoms with Crippen LogP contribution in [0.3, 0.4) is 0 Å². The summed E-state index contributed by atoms with van der Waals surface area (Å²) in [6.07, 6.45) is 5.21. The Balaban J connectivity index is 1.34. The molecule has 6 nitrogen and oxygen atoms in total. The lowest BCUT2D eigenvalue weighted by molar-refractivity contribution is -0.139. The van der Waals surface area contributed by atoms with Crippen molar-refractivity contribution in [2.75, 3.05) is 19.6 Å². The van der Waals surface area contributed by atoms with Crippen molar-refractivity contribution in [2.45, 2.75) is 63.1 Å². The Hall–Kier alpha value is -2.08. The zero-order valence-corrected chi connectivity index (χ0v) is 16.6. The van der Waals surface area contributed by atoms with Crippen LogP contribution in [0.5, 0.6) is 0 Å². The van der Waals surface area contributed by atoms with E-state index in [4.69, 9.17) is 5.11 Å². The van der Waals surface area contributed by atoms with Crippen molar-refractivity contribution in [2.24, 2.45) is 5.92 Å². The number of benzene rings is 1. The van der Waals surface area contributed by atoms with Gasteiger partial charge in [-0.15, -0.1) is 0 Å². The van der Waals surface area contributed by atoms with Crippen LogP contribution in [-0.2, 0) is 4.79 Å². The molecular weight excluding hydrogens is 354 g/mol. The third-order valence-electron chi connectivity index (χ3n) is 7.03. The summed E-state index contributed by atoms with van der Waals surface area (Å²) in [5, 5.41) is 12.2. The van der Waals surface area contributed by atoms with Gasteiger partial charge in [0, 0.05) is 30.6 Å². The highest BCUT2D eigenvalue weighted by molar-refractivity contribution is 5.76. The maximum Gasteiger partial charge on any atom is 0.317 e. The first kappa shape index (κ1) is 19.2. The van der Waals surface area contributed by atoms with Gasteiger partial charge in [-0.3, -0.25) is 9.69 Å². The van der Waals surface area contributed by atoms with E-state index >= 15 is 0 Å². The van der Waals surface area contributed by atoms with Gasteiger partial charge < -0.3 is 15.3 Å². The fraction of sp³-hybridized carbons (Fsp3) is 0.636. The highest BCUT2D eigenvalue weighted by atomic mass is 16.4. The molecule has 1 saturated heterocycles. The number of hydrogen-bond donors (Lipinski definition) is 2. The molecule has 2 amide bonds. The van der Waals surface area contributed by atoms with Crippen molar-refractivity contribution in [1.29, 1.82) is 0 Å². The Morgan fingerprint density at radius 2 is 1.96 bits per heavy atom. The van der Waals surface area contributed by atoms with Crippen LogP contribution < -0.4 is 5.32 Å². The molecule has 3 fully saturated rings. The van der Waals surface area contributed by atoms with Crippen LogP contribution in [0.15, 0.2) is 30.3 Å². The van der Waals surface area contributed by atoms with Gasteiger partial charge in [0.25, 0.3) is 0 Å². The Morgan fingerprint density at radius 1 is 1.21 bits per heavy atom. The molecule has 1 heterocycles. The van der Waals surface area contributed by atoms with Gasteiger partial charge >= 0.3 is 12.0 Å². The molecule has 2 N–H and O–H groups in total. The lowest BCUT2D eigenvalue weighted by atomic mass is 9.85. The molecule has 0 bridgehead atoms. The van der Waals surface area contributed by atoms with Gasteiger partial charge in [0.15, 0.2) is 0 Å². The molecule has 1 aromatic rings. The maximum absolute atomic E-state index is 13.0. The quantitative estimate of drug-likeness (QED) is 0.790. The van der Waals surface area contributed by atoms with Gasteiger partial charge in [-0.05, 0) is 43.7 Å². The second kappa shape index (κ2) is 8.11. The van der Waals surface area contributed by atoms with Crippen LogP contribution in [0.1, 0.15) is 50.5 Å². The number of nitrogens with one attached hydrogen (secondary N) is 1. The smallest absolute Gasteiger partial charge is 0.317 e. The van der Waals surface area contributed by atoms with Crippen molar-refractivity contribution in [1.82, 2.24) is 15.1 Å². The van der Waals surface area contributed by atoms with E-state index in [1.165, 1.54) is 18.4 Å². The number of rotatable bonds is 6. The largest absolute Gasteiger partial charge is 0.480 e. The van der Waals surface area contributed by atoms with Crippen LogP contribution in [-0.4, -0.2) is 64.7 Å². The van der Waals surface area contributed by atoms with Crippen molar-refractivity contribution in [3.05, 3.63) is 35.9 Å². The minimum Gasteiger partial charge on any atom is -0.480 e. The number of nitrogens with zero attached hydrogens (tertiary/aromatic N) is 2. The van der Waals surface area contributed by atoms with Gasteiger partial charge in [0.05, 0.1) is 6.54 Å². The van der Waals surface area contributed by atoms with Crippen LogP contribution in [0, 0.1) is 5.92 Å². The molecule has 2 aliphatic carbocycles. The molecule has 152 valence electrons. The zero-order valence-electron chi connectivity index (χ0n) is 16.6. The molecule has 2 saturated carbocycles. The second-order valence-corrected chi connectivity index (χ2v) is 8.56. The van der Waals surface area contributed by atoms with E-state index in [9.17, 15) is 9.59 Å². The maximum atomic E-state index is 13.0. The first-order valence-corrected chi connectivity index (χ1v) is 10.6. The van der Waals surface area contributed by atoms with Crippen LogP contribution in [0.4, 0.5) is 4.79 Å². The molecule has 28 heavy (non-hydrogen) atoms. The molecule has 3 unspecified atom stereocenters. The molecule has 0 radical (unpaired) electrons. The molecule has 0 spiro atoms. The number of carbonyl (C=O) groups excluding carboxylic acids is 1. The summed E-state index contributed by atoms with van der Waals surface area (Å²) in [5.41, 5.74) is 1.35. The standard InChI is InChI=1S/C22H31N3O3/c1-2-24(14-21(26)27)17-11-16(12-17)23-22(28)25-13-19(15-7-4-3-5-8-15)18-9-6-10-20(18)25/h3-5,7-8,16-20H,2,6,9-14H2,1H3,(H,23,28)(H,26,27). The predicted octanol–water partition coefficient (Wildman–Crippen LogP) is 2.90. The summed E-state index contributed by atoms with van der Waals surface area (Å²) in [5.74, 6) is 0.235. The van der Waals surface area contributed by atoms with E-state index < -0.39 is 5.97 Å². The summed E-state index contributed by atoms with van der Waals surface area (Å²) in [6.45, 7) is 3.60. The fourth-order valence-corrected chi connectivity index (χ4v) is 5.53. The van der Waals surface area contributed by atoms with E-state index in [0.717, 1.165) is 32.4 Å². The number of carbonyl (C=O) groups is 2. The molecule has 1 aliphatic heterocycles. The number of carboxylic acids is 1. The monoisotopic (exact) mass is 385 g/mol. The van der Waals surface area contributed by atoms with Gasteiger partial charge in [0.1, 0.15) is 0 Å². The van der Waals surface area contributed by atoms with E-state index in [1.54, 1.807) is 0 Å². The third-order valence-corrected chi connectivity index (χ3v) is 7.03. The van der Waals surface area contributed by atoms with E-state index in [-0.39, 0.29) is 24.7 Å². The Kier molecular flexibility index (Phi) is 5.58. The summed E-state index contributed by atoms with van der Waals surface area (Å²) < 4.78 is 0. The van der Waals surface area contributed by atoms with Gasteiger partial charge in [0.2, 0.25) is 0 Å². The summed E-state index contributed by atoms with van der Waals surface area (Å²) >= 11 is 0. The second-order valence-electron chi connectivity index (χ2n) is 8.56.